The molecule has 2 fully saturated rings. The van der Waals surface area contributed by atoms with E-state index in [4.69, 9.17) is 11.6 Å². The zero-order chi connectivity index (χ0) is 21.7. The topological polar surface area (TPSA) is 91.6 Å². The molecule has 2 saturated carbocycles. The van der Waals surface area contributed by atoms with Gasteiger partial charge in [0.25, 0.3) is 17.4 Å². The number of fused-ring (bicyclic) bond motifs is 6. The molecule has 3 heterocycles. The number of aromatic hydroxyl groups is 1. The summed E-state index contributed by atoms with van der Waals surface area (Å²) in [6.45, 7) is 0.452. The van der Waals surface area contributed by atoms with Crippen molar-refractivity contribution in [3.05, 3.63) is 61.8 Å². The van der Waals surface area contributed by atoms with Gasteiger partial charge < -0.3 is 15.3 Å². The minimum absolute atomic E-state index is 0.0433. The summed E-state index contributed by atoms with van der Waals surface area (Å²) in [5.74, 6) is -1.34. The molecule has 31 heavy (non-hydrogen) atoms. The molecule has 4 aliphatic rings. The molecule has 3 atom stereocenters. The van der Waals surface area contributed by atoms with E-state index in [1.807, 2.05) is 0 Å². The fourth-order valence-electron chi connectivity index (χ4n) is 5.81. The van der Waals surface area contributed by atoms with E-state index in [2.05, 4.69) is 5.32 Å². The maximum absolute atomic E-state index is 13.4. The number of nitrogens with zero attached hydrogens (tertiary/aromatic N) is 2. The minimum Gasteiger partial charge on any atom is -0.502 e. The highest BCUT2D eigenvalue weighted by Crippen LogP contribution is 2.61. The summed E-state index contributed by atoms with van der Waals surface area (Å²) in [5.41, 5.74) is -0.306. The van der Waals surface area contributed by atoms with Crippen molar-refractivity contribution in [2.75, 3.05) is 6.54 Å². The number of pyridine rings is 1. The molecule has 0 unspecified atom stereocenters. The Hall–Kier alpha value is -2.87. The van der Waals surface area contributed by atoms with Crippen LogP contribution < -0.4 is 10.9 Å². The number of hydrogen-bond acceptors (Lipinski definition) is 4. The van der Waals surface area contributed by atoms with Crippen molar-refractivity contribution in [3.63, 3.8) is 0 Å². The van der Waals surface area contributed by atoms with Crippen LogP contribution in [0.4, 0.5) is 4.39 Å². The van der Waals surface area contributed by atoms with Gasteiger partial charge in [-0.25, -0.2) is 4.39 Å². The summed E-state index contributed by atoms with van der Waals surface area (Å²) < 4.78 is 14.9. The van der Waals surface area contributed by atoms with Crippen LogP contribution in [-0.4, -0.2) is 32.9 Å². The van der Waals surface area contributed by atoms with E-state index in [0.717, 1.165) is 12.8 Å². The summed E-state index contributed by atoms with van der Waals surface area (Å²) in [5, 5.41) is 13.8. The van der Waals surface area contributed by atoms with Gasteiger partial charge in [0.2, 0.25) is 0 Å². The highest BCUT2D eigenvalue weighted by Gasteiger charge is 2.63. The van der Waals surface area contributed by atoms with Crippen molar-refractivity contribution in [2.24, 2.45) is 11.8 Å². The zero-order valence-electron chi connectivity index (χ0n) is 16.5. The number of benzene rings is 1. The number of aromatic nitrogens is 1. The van der Waals surface area contributed by atoms with E-state index >= 15 is 0 Å². The maximum Gasteiger partial charge on any atom is 0.296 e. The Morgan fingerprint density at radius 1 is 1.29 bits per heavy atom. The van der Waals surface area contributed by atoms with Crippen LogP contribution in [0.15, 0.2) is 23.0 Å². The van der Waals surface area contributed by atoms with Crippen LogP contribution in [0.5, 0.6) is 5.75 Å². The van der Waals surface area contributed by atoms with Gasteiger partial charge in [-0.05, 0) is 49.3 Å². The lowest BCUT2D eigenvalue weighted by molar-refractivity contribution is 0.0721. The number of halogens is 2. The minimum atomic E-state index is -0.772. The number of nitrogens with one attached hydrogen (secondary N) is 1. The molecule has 6 rings (SSSR count). The molecule has 9 heteroatoms. The molecule has 160 valence electrons. The van der Waals surface area contributed by atoms with Crippen LogP contribution in [0, 0.1) is 17.7 Å². The van der Waals surface area contributed by atoms with E-state index in [1.165, 1.54) is 27.7 Å². The molecule has 0 bridgehead atoms. The van der Waals surface area contributed by atoms with Gasteiger partial charge in [-0.3, -0.25) is 19.0 Å². The highest BCUT2D eigenvalue weighted by molar-refractivity contribution is 6.30. The van der Waals surface area contributed by atoms with Gasteiger partial charge in [-0.15, -0.1) is 0 Å². The van der Waals surface area contributed by atoms with Gasteiger partial charge >= 0.3 is 0 Å². The lowest BCUT2D eigenvalue weighted by atomic mass is 9.95. The van der Waals surface area contributed by atoms with E-state index in [1.54, 1.807) is 0 Å². The molecular weight excluding hydrogens is 425 g/mol. The van der Waals surface area contributed by atoms with Gasteiger partial charge in [-0.1, -0.05) is 17.7 Å². The van der Waals surface area contributed by atoms with E-state index in [0.29, 0.717) is 36.4 Å². The van der Waals surface area contributed by atoms with Crippen LogP contribution in [0.25, 0.3) is 0 Å². The number of hydrogen-bond donors (Lipinski definition) is 2. The predicted molar refractivity (Wildman–Crippen MR) is 108 cm³/mol. The molecule has 2 amide bonds. The molecule has 1 spiro atoms. The predicted octanol–water partition coefficient (Wildman–Crippen LogP) is 2.37. The molecule has 7 nitrogen and oxygen atoms in total. The first-order valence-electron chi connectivity index (χ1n) is 10.4. The largest absolute Gasteiger partial charge is 0.502 e. The fraction of sp³-hybridized carbons (Fsp3) is 0.409. The number of carbonyl (C=O) groups is 2. The van der Waals surface area contributed by atoms with Gasteiger partial charge in [0.15, 0.2) is 5.75 Å². The van der Waals surface area contributed by atoms with Crippen LogP contribution in [0.2, 0.25) is 5.02 Å². The van der Waals surface area contributed by atoms with Crippen molar-refractivity contribution in [1.82, 2.24) is 14.8 Å². The average molecular weight is 444 g/mol. The van der Waals surface area contributed by atoms with Crippen molar-refractivity contribution >= 4 is 23.4 Å². The smallest absolute Gasteiger partial charge is 0.296 e. The van der Waals surface area contributed by atoms with Gasteiger partial charge in [-0.2, -0.15) is 0 Å². The van der Waals surface area contributed by atoms with E-state index in [-0.39, 0.29) is 34.6 Å². The zero-order valence-corrected chi connectivity index (χ0v) is 17.2. The van der Waals surface area contributed by atoms with Crippen LogP contribution in [0.1, 0.15) is 51.2 Å². The summed E-state index contributed by atoms with van der Waals surface area (Å²) in [6.07, 6.45) is 2.87. The fourth-order valence-corrected chi connectivity index (χ4v) is 6.01. The Morgan fingerprint density at radius 3 is 2.77 bits per heavy atom. The quantitative estimate of drug-likeness (QED) is 0.745. The summed E-state index contributed by atoms with van der Waals surface area (Å²) in [4.78, 5) is 40.8. The van der Waals surface area contributed by atoms with Crippen molar-refractivity contribution in [3.8, 4) is 5.75 Å². The number of carbonyl (C=O) groups excluding carboxylic acids is 2. The summed E-state index contributed by atoms with van der Waals surface area (Å²) >= 11 is 5.84. The maximum atomic E-state index is 13.4. The van der Waals surface area contributed by atoms with Gasteiger partial charge in [0, 0.05) is 24.6 Å². The second kappa shape index (κ2) is 6.09. The standard InChI is InChI=1S/C22H19ClFN3O4/c23-14-7-10(1-2-15(14)24)9-26-6-4-12-16(20(26)30)18(28)21(31)27-17(12)19(29)25-22(27)5-3-11-8-13(11)22/h1-2,7,11,13,28H,3-6,8-9H2,(H,25,29)/t11-,13+,22+/m1/s1. The molecular formula is C22H19ClFN3O4. The Labute approximate surface area is 181 Å². The van der Waals surface area contributed by atoms with Gasteiger partial charge in [0.1, 0.15) is 17.2 Å². The first kappa shape index (κ1) is 18.9. The molecule has 2 aromatic rings. The molecule has 2 N–H and O–H groups in total. The molecule has 2 aliphatic heterocycles. The monoisotopic (exact) mass is 443 g/mol. The number of amides is 2. The first-order chi connectivity index (χ1) is 14.8. The molecule has 1 aromatic carbocycles. The third-order valence-corrected chi connectivity index (χ3v) is 7.61. The second-order valence-electron chi connectivity index (χ2n) is 8.94. The Kier molecular flexibility index (Phi) is 3.71. The SMILES string of the molecule is O=C1N[C@@]2(CC[C@@H]3C[C@@H]32)n2c1c1c(c(O)c2=O)C(=O)N(Cc2ccc(F)c(Cl)c2)CC1. The molecule has 0 saturated heterocycles. The van der Waals surface area contributed by atoms with Crippen molar-refractivity contribution < 1.29 is 19.1 Å². The van der Waals surface area contributed by atoms with Gasteiger partial charge in [0.05, 0.1) is 10.6 Å². The Morgan fingerprint density at radius 2 is 2.10 bits per heavy atom. The Balaban J connectivity index is 1.43. The van der Waals surface area contributed by atoms with Crippen LogP contribution >= 0.6 is 11.6 Å². The third-order valence-electron chi connectivity index (χ3n) is 7.32. The Bertz CT molecular complexity index is 1260. The van der Waals surface area contributed by atoms with Crippen LogP contribution in [0.3, 0.4) is 0 Å². The summed E-state index contributed by atoms with van der Waals surface area (Å²) in [6, 6.07) is 4.21. The normalized spacial score (nSPS) is 27.9. The molecule has 0 radical (unpaired) electrons. The molecule has 2 aliphatic carbocycles. The highest BCUT2D eigenvalue weighted by atomic mass is 35.5. The number of rotatable bonds is 2. The van der Waals surface area contributed by atoms with Crippen LogP contribution in [-0.2, 0) is 18.6 Å². The van der Waals surface area contributed by atoms with E-state index in [9.17, 15) is 23.9 Å². The van der Waals surface area contributed by atoms with Crippen molar-refractivity contribution in [2.45, 2.75) is 37.9 Å². The van der Waals surface area contributed by atoms with Crippen molar-refractivity contribution in [1.29, 1.82) is 0 Å². The van der Waals surface area contributed by atoms with E-state index < -0.39 is 28.7 Å². The summed E-state index contributed by atoms with van der Waals surface area (Å²) in [7, 11) is 0. The second-order valence-corrected chi connectivity index (χ2v) is 9.34. The lowest BCUT2D eigenvalue weighted by Crippen LogP contribution is -2.48. The first-order valence-corrected chi connectivity index (χ1v) is 10.8. The lowest BCUT2D eigenvalue weighted by Gasteiger charge is -2.32. The third kappa shape index (κ3) is 2.42. The molecule has 1 aromatic heterocycles. The average Bonchev–Trinajstić information content (AvgIpc) is 3.37.